The van der Waals surface area contributed by atoms with Gasteiger partial charge in [-0.2, -0.15) is 0 Å². The number of rotatable bonds is 6. The van der Waals surface area contributed by atoms with Gasteiger partial charge in [0.25, 0.3) is 0 Å². The lowest BCUT2D eigenvalue weighted by molar-refractivity contribution is -0.108. The monoisotopic (exact) mass is 296 g/mol. The number of anilines is 2. The fourth-order valence-corrected chi connectivity index (χ4v) is 2.57. The van der Waals surface area contributed by atoms with Gasteiger partial charge in [-0.1, -0.05) is 24.3 Å². The molecule has 0 amide bonds. The highest BCUT2D eigenvalue weighted by molar-refractivity contribution is 5.56. The van der Waals surface area contributed by atoms with Crippen LogP contribution in [0.25, 0.3) is 0 Å². The second-order valence-corrected chi connectivity index (χ2v) is 5.93. The first kappa shape index (κ1) is 16.1. The van der Waals surface area contributed by atoms with Gasteiger partial charge in [-0.3, -0.25) is 0 Å². The van der Waals surface area contributed by atoms with E-state index < -0.39 is 0 Å². The van der Waals surface area contributed by atoms with Gasteiger partial charge in [0.05, 0.1) is 0 Å². The fraction of sp³-hybridized carbons (Fsp3) is 0.316. The van der Waals surface area contributed by atoms with Gasteiger partial charge in [0, 0.05) is 51.9 Å². The van der Waals surface area contributed by atoms with Crippen molar-refractivity contribution in [3.05, 3.63) is 59.7 Å². The van der Waals surface area contributed by atoms with Crippen molar-refractivity contribution in [3.8, 4) is 0 Å². The van der Waals surface area contributed by atoms with E-state index in [9.17, 15) is 4.79 Å². The maximum absolute atomic E-state index is 11.1. The Bertz CT molecular complexity index is 549. The van der Waals surface area contributed by atoms with Crippen molar-refractivity contribution >= 4 is 17.7 Å². The van der Waals surface area contributed by atoms with Gasteiger partial charge < -0.3 is 14.6 Å². The van der Waals surface area contributed by atoms with Crippen molar-refractivity contribution in [1.29, 1.82) is 0 Å². The van der Waals surface area contributed by atoms with Crippen LogP contribution >= 0.6 is 0 Å². The van der Waals surface area contributed by atoms with Crippen LogP contribution in [0.4, 0.5) is 11.4 Å². The molecule has 0 atom stereocenters. The molecule has 0 aromatic heterocycles. The molecule has 116 valence electrons. The number of aldehydes is 1. The van der Waals surface area contributed by atoms with E-state index in [0.29, 0.717) is 6.42 Å². The topological polar surface area (TPSA) is 23.6 Å². The van der Waals surface area contributed by atoms with Crippen molar-refractivity contribution in [3.63, 3.8) is 0 Å². The molecule has 0 aliphatic carbocycles. The molecule has 0 N–H and O–H groups in total. The number of carbonyl (C=O) groups excluding carboxylic acids is 1. The minimum absolute atomic E-state index is 0.116. The molecule has 0 saturated heterocycles. The molecule has 0 saturated carbocycles. The molecule has 0 aliphatic rings. The molecule has 2 aromatic carbocycles. The maximum atomic E-state index is 11.1. The molecule has 0 unspecified atom stereocenters. The normalized spacial score (nSPS) is 10.6. The van der Waals surface area contributed by atoms with Crippen LogP contribution in [-0.2, 0) is 4.79 Å². The summed E-state index contributed by atoms with van der Waals surface area (Å²) in [6.45, 7) is 0. The lowest BCUT2D eigenvalue weighted by atomic mass is 9.89. The molecule has 3 nitrogen and oxygen atoms in total. The number of hydrogen-bond donors (Lipinski definition) is 0. The molecule has 0 aliphatic heterocycles. The SMILES string of the molecule is CN(C)c1ccc(C(CC=O)c2ccc(N(C)C)cc2)cc1. The first-order valence-corrected chi connectivity index (χ1v) is 7.51. The predicted molar refractivity (Wildman–Crippen MR) is 94.1 cm³/mol. The van der Waals surface area contributed by atoms with Crippen molar-refractivity contribution in [2.24, 2.45) is 0 Å². The summed E-state index contributed by atoms with van der Waals surface area (Å²) in [6.07, 6.45) is 1.51. The lowest BCUT2D eigenvalue weighted by Crippen LogP contribution is -2.10. The van der Waals surface area contributed by atoms with Crippen LogP contribution in [-0.4, -0.2) is 34.5 Å². The lowest BCUT2D eigenvalue weighted by Gasteiger charge is -2.19. The standard InChI is InChI=1S/C19H24N2O/c1-20(2)17-9-5-15(6-10-17)19(13-14-22)16-7-11-18(12-8-16)21(3)4/h5-12,14,19H,13H2,1-4H3. The van der Waals surface area contributed by atoms with Gasteiger partial charge >= 0.3 is 0 Å². The molecule has 2 aromatic rings. The predicted octanol–water partition coefficient (Wildman–Crippen LogP) is 3.54. The first-order chi connectivity index (χ1) is 10.5. The number of nitrogens with zero attached hydrogens (tertiary/aromatic N) is 2. The Morgan fingerprint density at radius 2 is 1.14 bits per heavy atom. The number of carbonyl (C=O) groups is 1. The van der Waals surface area contributed by atoms with E-state index in [1.165, 1.54) is 11.1 Å². The Balaban J connectivity index is 2.30. The second kappa shape index (κ2) is 7.12. The van der Waals surface area contributed by atoms with Gasteiger partial charge in [0.1, 0.15) is 6.29 Å². The van der Waals surface area contributed by atoms with Crippen LogP contribution in [0.5, 0.6) is 0 Å². The summed E-state index contributed by atoms with van der Waals surface area (Å²) in [6, 6.07) is 16.9. The average Bonchev–Trinajstić information content (AvgIpc) is 2.53. The van der Waals surface area contributed by atoms with Gasteiger partial charge in [-0.25, -0.2) is 0 Å². The minimum atomic E-state index is 0.116. The number of hydrogen-bond acceptors (Lipinski definition) is 3. The summed E-state index contributed by atoms with van der Waals surface area (Å²) in [5, 5.41) is 0. The van der Waals surface area contributed by atoms with Gasteiger partial charge in [-0.05, 0) is 35.4 Å². The highest BCUT2D eigenvalue weighted by Crippen LogP contribution is 2.29. The molecular weight excluding hydrogens is 272 g/mol. The Morgan fingerprint density at radius 3 is 1.41 bits per heavy atom. The molecule has 0 bridgehead atoms. The van der Waals surface area contributed by atoms with Crippen LogP contribution in [0.3, 0.4) is 0 Å². The van der Waals surface area contributed by atoms with E-state index >= 15 is 0 Å². The molecule has 0 heterocycles. The van der Waals surface area contributed by atoms with Gasteiger partial charge in [0.15, 0.2) is 0 Å². The summed E-state index contributed by atoms with van der Waals surface area (Å²) in [5.41, 5.74) is 4.68. The van der Waals surface area contributed by atoms with Crippen molar-refractivity contribution in [2.45, 2.75) is 12.3 Å². The Hall–Kier alpha value is -2.29. The molecule has 0 radical (unpaired) electrons. The van der Waals surface area contributed by atoms with Gasteiger partial charge in [-0.15, -0.1) is 0 Å². The number of benzene rings is 2. The highest BCUT2D eigenvalue weighted by atomic mass is 16.1. The Kier molecular flexibility index (Phi) is 5.21. The Morgan fingerprint density at radius 1 is 0.773 bits per heavy atom. The van der Waals surface area contributed by atoms with E-state index in [2.05, 4.69) is 58.3 Å². The largest absolute Gasteiger partial charge is 0.378 e. The van der Waals surface area contributed by atoms with Crippen LogP contribution in [0.1, 0.15) is 23.5 Å². The smallest absolute Gasteiger partial charge is 0.120 e. The summed E-state index contributed by atoms with van der Waals surface area (Å²) >= 11 is 0. The summed E-state index contributed by atoms with van der Waals surface area (Å²) in [7, 11) is 8.10. The van der Waals surface area contributed by atoms with Gasteiger partial charge in [0.2, 0.25) is 0 Å². The summed E-state index contributed by atoms with van der Waals surface area (Å²) in [4.78, 5) is 15.2. The third-order valence-corrected chi connectivity index (χ3v) is 3.96. The average molecular weight is 296 g/mol. The van der Waals surface area contributed by atoms with Crippen molar-refractivity contribution in [1.82, 2.24) is 0 Å². The summed E-state index contributed by atoms with van der Waals surface area (Å²) < 4.78 is 0. The van der Waals surface area contributed by atoms with Crippen LogP contribution in [0.15, 0.2) is 48.5 Å². The van der Waals surface area contributed by atoms with E-state index in [1.54, 1.807) is 0 Å². The summed E-state index contributed by atoms with van der Waals surface area (Å²) in [5.74, 6) is 0.116. The molecule has 2 rings (SSSR count). The van der Waals surface area contributed by atoms with Crippen LogP contribution in [0, 0.1) is 0 Å². The van der Waals surface area contributed by atoms with Crippen molar-refractivity contribution in [2.75, 3.05) is 38.0 Å². The van der Waals surface area contributed by atoms with E-state index in [1.807, 2.05) is 28.2 Å². The third kappa shape index (κ3) is 3.67. The third-order valence-electron chi connectivity index (χ3n) is 3.96. The molecular formula is C19H24N2O. The quantitative estimate of drug-likeness (QED) is 0.762. The van der Waals surface area contributed by atoms with Crippen LogP contribution < -0.4 is 9.80 Å². The van der Waals surface area contributed by atoms with E-state index in [-0.39, 0.29) is 5.92 Å². The molecule has 3 heteroatoms. The first-order valence-electron chi connectivity index (χ1n) is 7.51. The van der Waals surface area contributed by atoms with E-state index in [0.717, 1.165) is 17.7 Å². The Labute approximate surface area is 133 Å². The molecule has 0 fully saturated rings. The van der Waals surface area contributed by atoms with Crippen LogP contribution in [0.2, 0.25) is 0 Å². The zero-order valence-electron chi connectivity index (χ0n) is 13.8. The zero-order chi connectivity index (χ0) is 16.1. The van der Waals surface area contributed by atoms with E-state index in [4.69, 9.17) is 0 Å². The second-order valence-electron chi connectivity index (χ2n) is 5.93. The fourth-order valence-electron chi connectivity index (χ4n) is 2.57. The molecule has 22 heavy (non-hydrogen) atoms. The van der Waals surface area contributed by atoms with Crippen molar-refractivity contribution < 1.29 is 4.79 Å². The highest BCUT2D eigenvalue weighted by Gasteiger charge is 2.14. The zero-order valence-corrected chi connectivity index (χ0v) is 13.8. The minimum Gasteiger partial charge on any atom is -0.378 e. The maximum Gasteiger partial charge on any atom is 0.120 e. The molecule has 0 spiro atoms.